The van der Waals surface area contributed by atoms with E-state index in [1.165, 1.54) is 6.92 Å². The first-order valence-electron chi connectivity index (χ1n) is 7.51. The summed E-state index contributed by atoms with van der Waals surface area (Å²) < 4.78 is 69.7. The Kier molecular flexibility index (Phi) is 10.7. The molecule has 0 aromatic heterocycles. The second kappa shape index (κ2) is 11.0. The fourth-order valence-corrected chi connectivity index (χ4v) is 2.69. The molecular weight excluding hydrogens is 340 g/mol. The van der Waals surface area contributed by atoms with Crippen molar-refractivity contribution in [2.45, 2.75) is 58.7 Å². The summed E-state index contributed by atoms with van der Waals surface area (Å²) in [6.07, 6.45) is -5.84. The second-order valence-corrected chi connectivity index (χ2v) is 6.22. The number of carbonyl (C=O) groups excluding carboxylic acids is 1. The average Bonchev–Trinajstić information content (AvgIpc) is 2.44. The van der Waals surface area contributed by atoms with Gasteiger partial charge in [-0.05, 0) is 19.8 Å². The van der Waals surface area contributed by atoms with Crippen LogP contribution in [0.25, 0.3) is 0 Å². The molecule has 6 nitrogen and oxygen atoms in total. The van der Waals surface area contributed by atoms with Gasteiger partial charge < -0.3 is 4.74 Å². The first-order chi connectivity index (χ1) is 10.7. The van der Waals surface area contributed by atoms with E-state index < -0.39 is 26.1 Å². The van der Waals surface area contributed by atoms with Crippen LogP contribution in [-0.4, -0.2) is 38.1 Å². The van der Waals surface area contributed by atoms with Crippen molar-refractivity contribution in [3.63, 3.8) is 0 Å². The van der Waals surface area contributed by atoms with E-state index in [0.29, 0.717) is 25.7 Å². The highest BCUT2D eigenvalue weighted by molar-refractivity contribution is 7.48. The molecule has 0 amide bonds. The van der Waals surface area contributed by atoms with E-state index >= 15 is 0 Å². The molecular formula is C13H24F3O6P. The van der Waals surface area contributed by atoms with Gasteiger partial charge in [0.2, 0.25) is 0 Å². The molecule has 0 aliphatic carbocycles. The zero-order chi connectivity index (χ0) is 17.9. The van der Waals surface area contributed by atoms with Gasteiger partial charge in [0, 0.05) is 0 Å². The van der Waals surface area contributed by atoms with Crippen molar-refractivity contribution in [2.75, 3.05) is 19.8 Å². The second-order valence-electron chi connectivity index (χ2n) is 4.60. The van der Waals surface area contributed by atoms with Gasteiger partial charge in [0.1, 0.15) is 0 Å². The van der Waals surface area contributed by atoms with Crippen molar-refractivity contribution >= 4 is 13.8 Å². The van der Waals surface area contributed by atoms with Gasteiger partial charge in [-0.3, -0.25) is 13.6 Å². The number of alkyl halides is 3. The van der Waals surface area contributed by atoms with Crippen LogP contribution in [0.15, 0.2) is 0 Å². The van der Waals surface area contributed by atoms with Gasteiger partial charge in [-0.2, -0.15) is 13.2 Å². The molecule has 0 saturated heterocycles. The van der Waals surface area contributed by atoms with Crippen LogP contribution in [0.5, 0.6) is 0 Å². The number of hydrogen-bond donors (Lipinski definition) is 0. The molecule has 23 heavy (non-hydrogen) atoms. The van der Waals surface area contributed by atoms with Crippen molar-refractivity contribution < 1.29 is 40.8 Å². The number of carbonyl (C=O) groups is 1. The van der Waals surface area contributed by atoms with Crippen LogP contribution < -0.4 is 0 Å². The van der Waals surface area contributed by atoms with Crippen LogP contribution >= 0.6 is 7.82 Å². The van der Waals surface area contributed by atoms with E-state index in [1.54, 1.807) is 0 Å². The molecule has 1 atom stereocenters. The Morgan fingerprint density at radius 1 is 1.04 bits per heavy atom. The van der Waals surface area contributed by atoms with E-state index in [9.17, 15) is 22.5 Å². The standard InChI is InChI=1S/C13H24F3O6P/c1-4-7-9-20-23(18,21-10-8-5-2)22-11(13(14,15)16)12(17)19-6-3/h11H,4-10H2,1-3H3/t11-/m1/s1. The third kappa shape index (κ3) is 9.30. The van der Waals surface area contributed by atoms with Crippen LogP contribution in [-0.2, 0) is 27.7 Å². The minimum Gasteiger partial charge on any atom is -0.464 e. The first-order valence-corrected chi connectivity index (χ1v) is 8.97. The molecule has 0 radical (unpaired) electrons. The minimum absolute atomic E-state index is 0.104. The average molecular weight is 364 g/mol. The monoisotopic (exact) mass is 364 g/mol. The lowest BCUT2D eigenvalue weighted by atomic mass is 10.3. The summed E-state index contributed by atoms with van der Waals surface area (Å²) in [6, 6.07) is 0. The Labute approximate surface area is 134 Å². The summed E-state index contributed by atoms with van der Waals surface area (Å²) >= 11 is 0. The highest BCUT2D eigenvalue weighted by Crippen LogP contribution is 2.52. The summed E-state index contributed by atoms with van der Waals surface area (Å²) in [6.45, 7) is 4.52. The van der Waals surface area contributed by atoms with Gasteiger partial charge in [-0.1, -0.05) is 26.7 Å². The number of rotatable bonds is 12. The molecule has 0 bridgehead atoms. The van der Waals surface area contributed by atoms with Gasteiger partial charge >= 0.3 is 20.0 Å². The molecule has 0 aliphatic rings. The van der Waals surface area contributed by atoms with Crippen molar-refractivity contribution in [2.24, 2.45) is 0 Å². The summed E-state index contributed by atoms with van der Waals surface area (Å²) in [5.74, 6) is -1.68. The molecule has 0 aromatic carbocycles. The zero-order valence-electron chi connectivity index (χ0n) is 13.6. The Balaban J connectivity index is 5.09. The number of hydrogen-bond acceptors (Lipinski definition) is 6. The maximum absolute atomic E-state index is 12.9. The van der Waals surface area contributed by atoms with Crippen LogP contribution in [0.2, 0.25) is 0 Å². The molecule has 0 spiro atoms. The lowest BCUT2D eigenvalue weighted by Gasteiger charge is -2.24. The third-order valence-electron chi connectivity index (χ3n) is 2.53. The Morgan fingerprint density at radius 3 is 1.87 bits per heavy atom. The molecule has 0 fully saturated rings. The molecule has 0 aliphatic heterocycles. The number of esters is 1. The maximum Gasteiger partial charge on any atom is 0.475 e. The number of ether oxygens (including phenoxy) is 1. The predicted molar refractivity (Wildman–Crippen MR) is 76.9 cm³/mol. The van der Waals surface area contributed by atoms with E-state index in [4.69, 9.17) is 9.05 Å². The normalized spacial score (nSPS) is 13.8. The first kappa shape index (κ1) is 22.4. The largest absolute Gasteiger partial charge is 0.475 e. The molecule has 0 N–H and O–H groups in total. The molecule has 0 saturated carbocycles. The van der Waals surface area contributed by atoms with Crippen molar-refractivity contribution in [3.8, 4) is 0 Å². The molecule has 0 heterocycles. The van der Waals surface area contributed by atoms with Crippen LogP contribution in [0, 0.1) is 0 Å². The highest BCUT2D eigenvalue weighted by atomic mass is 31.2. The van der Waals surface area contributed by atoms with Gasteiger partial charge in [0.15, 0.2) is 0 Å². The quantitative estimate of drug-likeness (QED) is 0.293. The predicted octanol–water partition coefficient (Wildman–Crippen LogP) is 4.24. The summed E-state index contributed by atoms with van der Waals surface area (Å²) in [5, 5.41) is 0. The fraction of sp³-hybridized carbons (Fsp3) is 0.923. The smallest absolute Gasteiger partial charge is 0.464 e. The van der Waals surface area contributed by atoms with E-state index in [1.807, 2.05) is 13.8 Å². The Bertz CT molecular complexity index is 374. The fourth-order valence-electron chi connectivity index (χ4n) is 1.32. The van der Waals surface area contributed by atoms with Crippen molar-refractivity contribution in [1.29, 1.82) is 0 Å². The van der Waals surface area contributed by atoms with Gasteiger partial charge in [-0.25, -0.2) is 9.36 Å². The topological polar surface area (TPSA) is 71.1 Å². The van der Waals surface area contributed by atoms with E-state index in [0.717, 1.165) is 0 Å². The molecule has 138 valence electrons. The van der Waals surface area contributed by atoms with Gasteiger partial charge in [0.25, 0.3) is 6.10 Å². The Hall–Kier alpha value is -0.630. The Morgan fingerprint density at radius 2 is 1.52 bits per heavy atom. The van der Waals surface area contributed by atoms with E-state index in [2.05, 4.69) is 9.26 Å². The lowest BCUT2D eigenvalue weighted by molar-refractivity contribution is -0.215. The highest BCUT2D eigenvalue weighted by Gasteiger charge is 2.52. The molecule has 0 rings (SSSR count). The SMILES string of the molecule is CCCCOP(=O)(OCCCC)O[C@H](C(=O)OCC)C(F)(F)F. The number of halogens is 3. The van der Waals surface area contributed by atoms with E-state index in [-0.39, 0.29) is 19.8 Å². The summed E-state index contributed by atoms with van der Waals surface area (Å²) in [5.41, 5.74) is 0. The van der Waals surface area contributed by atoms with Gasteiger partial charge in [0.05, 0.1) is 19.8 Å². The van der Waals surface area contributed by atoms with Crippen LogP contribution in [0.1, 0.15) is 46.5 Å². The van der Waals surface area contributed by atoms with Gasteiger partial charge in [-0.15, -0.1) is 0 Å². The third-order valence-corrected chi connectivity index (χ3v) is 3.99. The van der Waals surface area contributed by atoms with Crippen LogP contribution in [0.4, 0.5) is 13.2 Å². The zero-order valence-corrected chi connectivity index (χ0v) is 14.5. The molecule has 0 aromatic rings. The number of phosphoric acid groups is 1. The lowest BCUT2D eigenvalue weighted by Crippen LogP contribution is -2.40. The van der Waals surface area contributed by atoms with Crippen molar-refractivity contribution in [3.05, 3.63) is 0 Å². The maximum atomic E-state index is 12.9. The number of phosphoric ester groups is 1. The minimum atomic E-state index is -5.09. The van der Waals surface area contributed by atoms with Crippen molar-refractivity contribution in [1.82, 2.24) is 0 Å². The number of unbranched alkanes of at least 4 members (excludes halogenated alkanes) is 2. The molecule has 0 unspecified atom stereocenters. The summed E-state index contributed by atoms with van der Waals surface area (Å²) in [7, 11) is -4.53. The summed E-state index contributed by atoms with van der Waals surface area (Å²) in [4.78, 5) is 11.4. The molecule has 10 heteroatoms. The van der Waals surface area contributed by atoms with Crippen LogP contribution in [0.3, 0.4) is 0 Å².